The van der Waals surface area contributed by atoms with Crippen LogP contribution in [0.1, 0.15) is 5.56 Å². The largest absolute Gasteiger partial charge is 0.426 e. The SMILES string of the molecule is O=C(Nc1ccc([N+](=O)[O-])cc1)C(O)(Cc1ccc(F)cc1)C(F)(F)F. The Balaban J connectivity index is 2.26. The number of anilines is 1. The van der Waals surface area contributed by atoms with E-state index < -0.39 is 34.8 Å². The third-order valence-electron chi connectivity index (χ3n) is 3.55. The van der Waals surface area contributed by atoms with E-state index in [-0.39, 0.29) is 16.9 Å². The molecule has 1 amide bonds. The Labute approximate surface area is 144 Å². The Morgan fingerprint density at radius 1 is 1.08 bits per heavy atom. The summed E-state index contributed by atoms with van der Waals surface area (Å²) in [4.78, 5) is 21.9. The van der Waals surface area contributed by atoms with Gasteiger partial charge >= 0.3 is 6.18 Å². The first-order valence-electron chi connectivity index (χ1n) is 7.12. The lowest BCUT2D eigenvalue weighted by Crippen LogP contribution is -2.56. The Bertz CT molecular complexity index is 806. The summed E-state index contributed by atoms with van der Waals surface area (Å²) >= 11 is 0. The summed E-state index contributed by atoms with van der Waals surface area (Å²) in [6.07, 6.45) is -6.44. The molecule has 0 aliphatic carbocycles. The van der Waals surface area contributed by atoms with Crippen molar-refractivity contribution >= 4 is 17.3 Å². The van der Waals surface area contributed by atoms with Crippen LogP contribution in [0.3, 0.4) is 0 Å². The van der Waals surface area contributed by atoms with Crippen LogP contribution in [0.2, 0.25) is 0 Å². The Kier molecular flexibility index (Phi) is 5.26. The minimum absolute atomic E-state index is 0.106. The minimum Gasteiger partial charge on any atom is -0.372 e. The molecule has 0 radical (unpaired) electrons. The standard InChI is InChI=1S/C16H12F4N2O4/c17-11-3-1-10(2-4-11)9-15(24,16(18,19)20)14(23)21-12-5-7-13(8-6-12)22(25)26/h1-8,24H,9H2,(H,21,23). The van der Waals surface area contributed by atoms with Crippen LogP contribution < -0.4 is 5.32 Å². The number of amides is 1. The quantitative estimate of drug-likeness (QED) is 0.479. The fraction of sp³-hybridized carbons (Fsp3) is 0.188. The highest BCUT2D eigenvalue weighted by molar-refractivity contribution is 5.98. The number of nitro groups is 1. The van der Waals surface area contributed by atoms with Gasteiger partial charge in [-0.2, -0.15) is 13.2 Å². The molecule has 6 nitrogen and oxygen atoms in total. The first-order chi connectivity index (χ1) is 12.0. The van der Waals surface area contributed by atoms with Gasteiger partial charge in [0.2, 0.25) is 5.60 Å². The third-order valence-corrected chi connectivity index (χ3v) is 3.55. The van der Waals surface area contributed by atoms with Crippen LogP contribution >= 0.6 is 0 Å². The van der Waals surface area contributed by atoms with Crippen molar-refractivity contribution in [3.05, 3.63) is 70.0 Å². The van der Waals surface area contributed by atoms with Crippen molar-refractivity contribution in [3.8, 4) is 0 Å². The van der Waals surface area contributed by atoms with Gasteiger partial charge in [-0.1, -0.05) is 12.1 Å². The van der Waals surface area contributed by atoms with Crippen LogP contribution in [-0.4, -0.2) is 27.7 Å². The number of hydrogen-bond donors (Lipinski definition) is 2. The summed E-state index contributed by atoms with van der Waals surface area (Å²) in [5.74, 6) is -2.44. The Hall–Kier alpha value is -3.01. The lowest BCUT2D eigenvalue weighted by atomic mass is 9.92. The van der Waals surface area contributed by atoms with Crippen molar-refractivity contribution in [2.45, 2.75) is 18.2 Å². The second-order valence-electron chi connectivity index (χ2n) is 5.42. The van der Waals surface area contributed by atoms with Gasteiger partial charge < -0.3 is 10.4 Å². The smallest absolute Gasteiger partial charge is 0.372 e. The summed E-state index contributed by atoms with van der Waals surface area (Å²) in [6.45, 7) is 0. The van der Waals surface area contributed by atoms with Crippen LogP contribution in [0.15, 0.2) is 48.5 Å². The number of benzene rings is 2. The lowest BCUT2D eigenvalue weighted by Gasteiger charge is -2.29. The number of nitro benzene ring substituents is 1. The van der Waals surface area contributed by atoms with Gasteiger partial charge in [-0.15, -0.1) is 0 Å². The average Bonchev–Trinajstić information content (AvgIpc) is 2.56. The van der Waals surface area contributed by atoms with Gasteiger partial charge in [0, 0.05) is 24.2 Å². The number of halogens is 4. The number of rotatable bonds is 5. The molecule has 1 unspecified atom stereocenters. The van der Waals surface area contributed by atoms with Crippen LogP contribution in [0.5, 0.6) is 0 Å². The molecule has 2 N–H and O–H groups in total. The molecular weight excluding hydrogens is 360 g/mol. The van der Waals surface area contributed by atoms with E-state index >= 15 is 0 Å². The van der Waals surface area contributed by atoms with E-state index in [0.717, 1.165) is 48.5 Å². The first-order valence-corrected chi connectivity index (χ1v) is 7.12. The Morgan fingerprint density at radius 2 is 1.62 bits per heavy atom. The third kappa shape index (κ3) is 4.14. The van der Waals surface area contributed by atoms with Crippen molar-refractivity contribution in [2.24, 2.45) is 0 Å². The molecule has 0 bridgehead atoms. The number of non-ortho nitro benzene ring substituents is 1. The lowest BCUT2D eigenvalue weighted by molar-refractivity contribution is -0.384. The maximum absolute atomic E-state index is 13.3. The predicted molar refractivity (Wildman–Crippen MR) is 82.8 cm³/mol. The predicted octanol–water partition coefficient (Wildman–Crippen LogP) is 3.21. The monoisotopic (exact) mass is 372 g/mol. The molecule has 0 fully saturated rings. The van der Waals surface area contributed by atoms with Crippen LogP contribution in [0.25, 0.3) is 0 Å². The molecule has 0 aromatic heterocycles. The van der Waals surface area contributed by atoms with Gasteiger partial charge in [0.25, 0.3) is 11.6 Å². The highest BCUT2D eigenvalue weighted by atomic mass is 19.4. The van der Waals surface area contributed by atoms with E-state index in [2.05, 4.69) is 0 Å². The number of nitrogens with one attached hydrogen (secondary N) is 1. The molecule has 2 aromatic carbocycles. The summed E-state index contributed by atoms with van der Waals surface area (Å²) in [6, 6.07) is 7.89. The van der Waals surface area contributed by atoms with Crippen LogP contribution in [0.4, 0.5) is 28.9 Å². The number of alkyl halides is 3. The minimum atomic E-state index is -5.31. The summed E-state index contributed by atoms with van der Waals surface area (Å²) < 4.78 is 52.8. The molecule has 0 saturated carbocycles. The second kappa shape index (κ2) is 7.08. The number of hydrogen-bond acceptors (Lipinski definition) is 4. The van der Waals surface area contributed by atoms with Crippen molar-refractivity contribution in [3.63, 3.8) is 0 Å². The topological polar surface area (TPSA) is 92.5 Å². The molecule has 0 saturated heterocycles. The van der Waals surface area contributed by atoms with Crippen molar-refractivity contribution in [1.82, 2.24) is 0 Å². The molecular formula is C16H12F4N2O4. The van der Waals surface area contributed by atoms with Crippen LogP contribution in [-0.2, 0) is 11.2 Å². The normalized spacial score (nSPS) is 13.7. The van der Waals surface area contributed by atoms with Crippen LogP contribution in [0, 0.1) is 15.9 Å². The van der Waals surface area contributed by atoms with Gasteiger partial charge in [-0.25, -0.2) is 4.39 Å². The molecule has 0 spiro atoms. The van der Waals surface area contributed by atoms with E-state index in [0.29, 0.717) is 0 Å². The van der Waals surface area contributed by atoms with Crippen molar-refractivity contribution < 1.29 is 32.4 Å². The molecule has 0 aliphatic heterocycles. The number of carbonyl (C=O) groups excluding carboxylic acids is 1. The van der Waals surface area contributed by atoms with Crippen molar-refractivity contribution in [1.29, 1.82) is 0 Å². The molecule has 138 valence electrons. The number of carbonyl (C=O) groups is 1. The molecule has 1 atom stereocenters. The molecule has 2 aromatic rings. The van der Waals surface area contributed by atoms with Gasteiger partial charge in [-0.3, -0.25) is 14.9 Å². The zero-order valence-corrected chi connectivity index (χ0v) is 13.0. The van der Waals surface area contributed by atoms with E-state index in [1.807, 2.05) is 5.32 Å². The number of aliphatic hydroxyl groups is 1. The first kappa shape index (κ1) is 19.3. The second-order valence-corrected chi connectivity index (χ2v) is 5.42. The van der Waals surface area contributed by atoms with Gasteiger partial charge in [0.15, 0.2) is 0 Å². The maximum atomic E-state index is 13.3. The summed E-state index contributed by atoms with van der Waals surface area (Å²) in [5.41, 5.74) is -4.36. The molecule has 26 heavy (non-hydrogen) atoms. The van der Waals surface area contributed by atoms with E-state index in [1.165, 1.54) is 0 Å². The zero-order valence-electron chi connectivity index (χ0n) is 13.0. The summed E-state index contributed by atoms with van der Waals surface area (Å²) in [5, 5.41) is 22.4. The molecule has 10 heteroatoms. The highest BCUT2D eigenvalue weighted by Crippen LogP contribution is 2.34. The maximum Gasteiger partial charge on any atom is 0.426 e. The average molecular weight is 372 g/mol. The van der Waals surface area contributed by atoms with Gasteiger partial charge in [0.1, 0.15) is 5.82 Å². The van der Waals surface area contributed by atoms with E-state index in [1.54, 1.807) is 0 Å². The molecule has 0 heterocycles. The fourth-order valence-corrected chi connectivity index (χ4v) is 2.11. The molecule has 0 aliphatic rings. The molecule has 2 rings (SSSR count). The summed E-state index contributed by atoms with van der Waals surface area (Å²) in [7, 11) is 0. The van der Waals surface area contributed by atoms with Gasteiger partial charge in [-0.05, 0) is 29.8 Å². The highest BCUT2D eigenvalue weighted by Gasteiger charge is 2.59. The fourth-order valence-electron chi connectivity index (χ4n) is 2.11. The van der Waals surface area contributed by atoms with E-state index in [4.69, 9.17) is 0 Å². The van der Waals surface area contributed by atoms with Gasteiger partial charge in [0.05, 0.1) is 4.92 Å². The number of nitrogens with zero attached hydrogens (tertiary/aromatic N) is 1. The zero-order chi connectivity index (χ0) is 19.5. The Morgan fingerprint density at radius 3 is 2.08 bits per heavy atom. The van der Waals surface area contributed by atoms with Crippen molar-refractivity contribution in [2.75, 3.05) is 5.32 Å². The van der Waals surface area contributed by atoms with E-state index in [9.17, 15) is 37.6 Å².